The van der Waals surface area contributed by atoms with E-state index in [-0.39, 0.29) is 23.5 Å². The summed E-state index contributed by atoms with van der Waals surface area (Å²) in [5, 5.41) is 2.75. The van der Waals surface area contributed by atoms with Crippen LogP contribution in [0.1, 0.15) is 35.8 Å². The third-order valence-electron chi connectivity index (χ3n) is 3.09. The van der Waals surface area contributed by atoms with Crippen molar-refractivity contribution in [2.75, 3.05) is 11.5 Å². The van der Waals surface area contributed by atoms with Crippen LogP contribution in [0.15, 0.2) is 12.5 Å². The molecule has 6 nitrogen and oxygen atoms in total. The molecule has 2 heterocycles. The summed E-state index contributed by atoms with van der Waals surface area (Å²) in [6, 6.07) is -0.299. The van der Waals surface area contributed by atoms with E-state index in [0.29, 0.717) is 24.1 Å². The average Bonchev–Trinajstić information content (AvgIpc) is 2.69. The summed E-state index contributed by atoms with van der Waals surface area (Å²) in [7, 11) is -2.99. The maximum atomic E-state index is 12.1. The van der Waals surface area contributed by atoms with Crippen molar-refractivity contribution in [3.63, 3.8) is 0 Å². The molecule has 1 aromatic heterocycles. The zero-order valence-corrected chi connectivity index (χ0v) is 11.6. The van der Waals surface area contributed by atoms with E-state index in [0.717, 1.165) is 6.42 Å². The molecule has 2 rings (SSSR count). The van der Waals surface area contributed by atoms with Crippen LogP contribution in [0, 0.1) is 0 Å². The van der Waals surface area contributed by atoms with Crippen molar-refractivity contribution in [3.8, 4) is 0 Å². The van der Waals surface area contributed by atoms with Gasteiger partial charge in [0.25, 0.3) is 5.91 Å². The molecule has 0 unspecified atom stereocenters. The van der Waals surface area contributed by atoms with Gasteiger partial charge in [-0.05, 0) is 12.8 Å². The van der Waals surface area contributed by atoms with Crippen LogP contribution in [0.5, 0.6) is 0 Å². The molecule has 19 heavy (non-hydrogen) atoms. The molecule has 1 aliphatic heterocycles. The third-order valence-corrected chi connectivity index (χ3v) is 4.86. The lowest BCUT2D eigenvalue weighted by Crippen LogP contribution is -2.36. The molecule has 0 aliphatic carbocycles. The van der Waals surface area contributed by atoms with E-state index < -0.39 is 9.84 Å². The summed E-state index contributed by atoms with van der Waals surface area (Å²) in [6.45, 7) is 2.01. The van der Waals surface area contributed by atoms with E-state index in [1.165, 1.54) is 12.5 Å². The predicted octanol–water partition coefficient (Wildman–Crippen LogP) is 0.346. The number of hydrogen-bond donors (Lipinski definition) is 1. The summed E-state index contributed by atoms with van der Waals surface area (Å²) in [6.07, 6.45) is 4.97. The first-order valence-electron chi connectivity index (χ1n) is 6.32. The van der Waals surface area contributed by atoms with Gasteiger partial charge in [-0.1, -0.05) is 13.3 Å². The van der Waals surface area contributed by atoms with Crippen LogP contribution in [0.3, 0.4) is 0 Å². The largest absolute Gasteiger partial charge is 0.348 e. The standard InChI is InChI=1S/C12H17N3O3S/c1-2-3-11-10(6-13-8-14-11)12(16)15-9-4-5-19(17,18)7-9/h6,8-9H,2-5,7H2,1H3,(H,15,16)/t9-/m0/s1. The fourth-order valence-corrected chi connectivity index (χ4v) is 3.83. The van der Waals surface area contributed by atoms with E-state index in [2.05, 4.69) is 15.3 Å². The van der Waals surface area contributed by atoms with E-state index in [1.54, 1.807) is 0 Å². The van der Waals surface area contributed by atoms with Gasteiger partial charge in [0.15, 0.2) is 9.84 Å². The molecule has 1 atom stereocenters. The molecule has 0 radical (unpaired) electrons. The lowest BCUT2D eigenvalue weighted by molar-refractivity contribution is 0.0939. The number of sulfone groups is 1. The zero-order valence-electron chi connectivity index (χ0n) is 10.8. The molecule has 1 fully saturated rings. The van der Waals surface area contributed by atoms with Crippen molar-refractivity contribution >= 4 is 15.7 Å². The topological polar surface area (TPSA) is 89.0 Å². The Morgan fingerprint density at radius 2 is 2.32 bits per heavy atom. The smallest absolute Gasteiger partial charge is 0.254 e. The zero-order chi connectivity index (χ0) is 13.9. The first-order chi connectivity index (χ1) is 9.02. The van der Waals surface area contributed by atoms with Gasteiger partial charge in [-0.25, -0.2) is 18.4 Å². The molecule has 1 saturated heterocycles. The fraction of sp³-hybridized carbons (Fsp3) is 0.583. The molecule has 1 N–H and O–H groups in total. The van der Waals surface area contributed by atoms with Crippen LogP contribution in [0.25, 0.3) is 0 Å². The normalized spacial score (nSPS) is 21.2. The van der Waals surface area contributed by atoms with Crippen LogP contribution in [0.4, 0.5) is 0 Å². The van der Waals surface area contributed by atoms with Crippen molar-refractivity contribution in [3.05, 3.63) is 23.8 Å². The number of rotatable bonds is 4. The van der Waals surface area contributed by atoms with E-state index in [4.69, 9.17) is 0 Å². The Morgan fingerprint density at radius 1 is 1.53 bits per heavy atom. The van der Waals surface area contributed by atoms with Crippen molar-refractivity contribution < 1.29 is 13.2 Å². The van der Waals surface area contributed by atoms with Crippen LogP contribution in [-0.4, -0.2) is 41.8 Å². The van der Waals surface area contributed by atoms with Gasteiger partial charge in [-0.15, -0.1) is 0 Å². The Labute approximate surface area is 112 Å². The lowest BCUT2D eigenvalue weighted by Gasteiger charge is -2.12. The van der Waals surface area contributed by atoms with Crippen molar-refractivity contribution in [1.29, 1.82) is 0 Å². The second-order valence-electron chi connectivity index (χ2n) is 4.71. The number of hydrogen-bond acceptors (Lipinski definition) is 5. The van der Waals surface area contributed by atoms with Gasteiger partial charge in [0, 0.05) is 12.2 Å². The maximum Gasteiger partial charge on any atom is 0.254 e. The Hall–Kier alpha value is -1.50. The Kier molecular flexibility index (Phi) is 4.14. The quantitative estimate of drug-likeness (QED) is 0.861. The first-order valence-corrected chi connectivity index (χ1v) is 8.14. The molecular formula is C12H17N3O3S. The number of nitrogens with one attached hydrogen (secondary N) is 1. The van der Waals surface area contributed by atoms with Crippen molar-refractivity contribution in [2.45, 2.75) is 32.2 Å². The fourth-order valence-electron chi connectivity index (χ4n) is 2.15. The third kappa shape index (κ3) is 3.50. The molecule has 1 amide bonds. The second kappa shape index (κ2) is 5.64. The number of carbonyl (C=O) groups is 1. The summed E-state index contributed by atoms with van der Waals surface area (Å²) < 4.78 is 22.7. The minimum atomic E-state index is -2.99. The number of aryl methyl sites for hydroxylation is 1. The van der Waals surface area contributed by atoms with Crippen molar-refractivity contribution in [2.24, 2.45) is 0 Å². The number of aromatic nitrogens is 2. The highest BCUT2D eigenvalue weighted by atomic mass is 32.2. The summed E-state index contributed by atoms with van der Waals surface area (Å²) in [5.74, 6) is -0.119. The van der Waals surface area contributed by atoms with Gasteiger partial charge < -0.3 is 5.32 Å². The number of nitrogens with zero attached hydrogens (tertiary/aromatic N) is 2. The summed E-state index contributed by atoms with van der Waals surface area (Å²) in [4.78, 5) is 20.1. The highest BCUT2D eigenvalue weighted by Crippen LogP contribution is 2.13. The molecule has 104 valence electrons. The monoisotopic (exact) mass is 283 g/mol. The van der Waals surface area contributed by atoms with Crippen LogP contribution in [0.2, 0.25) is 0 Å². The highest BCUT2D eigenvalue weighted by Gasteiger charge is 2.29. The number of carbonyl (C=O) groups excluding carboxylic acids is 1. The SMILES string of the molecule is CCCc1ncncc1C(=O)N[C@H]1CCS(=O)(=O)C1. The molecule has 0 spiro atoms. The van der Waals surface area contributed by atoms with Crippen LogP contribution >= 0.6 is 0 Å². The minimum Gasteiger partial charge on any atom is -0.348 e. The Bertz CT molecular complexity index is 571. The molecule has 0 aromatic carbocycles. The van der Waals surface area contributed by atoms with Crippen LogP contribution in [-0.2, 0) is 16.3 Å². The predicted molar refractivity (Wildman–Crippen MR) is 70.6 cm³/mol. The van der Waals surface area contributed by atoms with Crippen molar-refractivity contribution in [1.82, 2.24) is 15.3 Å². The molecular weight excluding hydrogens is 266 g/mol. The Balaban J connectivity index is 2.08. The molecule has 1 aliphatic rings. The van der Waals surface area contributed by atoms with Gasteiger partial charge in [0.1, 0.15) is 6.33 Å². The van der Waals surface area contributed by atoms with E-state index in [9.17, 15) is 13.2 Å². The lowest BCUT2D eigenvalue weighted by atomic mass is 10.1. The molecule has 0 bridgehead atoms. The first kappa shape index (κ1) is 13.9. The van der Waals surface area contributed by atoms with Gasteiger partial charge in [-0.3, -0.25) is 4.79 Å². The Morgan fingerprint density at radius 3 is 2.95 bits per heavy atom. The van der Waals surface area contributed by atoms with Gasteiger partial charge >= 0.3 is 0 Å². The molecule has 0 saturated carbocycles. The van der Waals surface area contributed by atoms with Gasteiger partial charge in [0.05, 0.1) is 22.8 Å². The van der Waals surface area contributed by atoms with Crippen LogP contribution < -0.4 is 5.32 Å². The van der Waals surface area contributed by atoms with Gasteiger partial charge in [-0.2, -0.15) is 0 Å². The van der Waals surface area contributed by atoms with E-state index >= 15 is 0 Å². The molecule has 7 heteroatoms. The average molecular weight is 283 g/mol. The van der Waals surface area contributed by atoms with Gasteiger partial charge in [0.2, 0.25) is 0 Å². The number of amides is 1. The highest BCUT2D eigenvalue weighted by molar-refractivity contribution is 7.91. The summed E-state index contributed by atoms with van der Waals surface area (Å²) >= 11 is 0. The second-order valence-corrected chi connectivity index (χ2v) is 6.94. The van der Waals surface area contributed by atoms with E-state index in [1.807, 2.05) is 6.92 Å². The maximum absolute atomic E-state index is 12.1. The minimum absolute atomic E-state index is 0.0234. The summed E-state index contributed by atoms with van der Waals surface area (Å²) in [5.41, 5.74) is 1.14. The molecule has 1 aromatic rings.